The number of nitrogens with one attached hydrogen (secondary N) is 1. The van der Waals surface area contributed by atoms with Crippen LogP contribution in [-0.2, 0) is 5.41 Å². The predicted octanol–water partition coefficient (Wildman–Crippen LogP) is 4.74. The van der Waals surface area contributed by atoms with Gasteiger partial charge in [-0.3, -0.25) is 4.79 Å². The molecule has 2 aromatic carbocycles. The van der Waals surface area contributed by atoms with Gasteiger partial charge < -0.3 is 4.74 Å². The summed E-state index contributed by atoms with van der Waals surface area (Å²) in [5.74, 6) is -0.371. The number of ether oxygens (including phenoxy) is 1. The highest BCUT2D eigenvalue weighted by Gasteiger charge is 2.15. The number of carbonyl (C=O) groups excluding carboxylic acids is 1. The van der Waals surface area contributed by atoms with Crippen molar-refractivity contribution >= 4 is 11.6 Å². The summed E-state index contributed by atoms with van der Waals surface area (Å²) in [5.41, 5.74) is 4.77. The zero-order valence-corrected chi connectivity index (χ0v) is 15.2. The molecule has 0 saturated heterocycles. The summed E-state index contributed by atoms with van der Waals surface area (Å²) in [5, 5.41) is 4.00. The molecule has 0 heterocycles. The normalized spacial score (nSPS) is 12.2. The number of hydrogen-bond acceptors (Lipinski definition) is 3. The largest absolute Gasteiger partial charge is 0.434 e. The molecule has 26 heavy (non-hydrogen) atoms. The van der Waals surface area contributed by atoms with Crippen LogP contribution in [0.3, 0.4) is 0 Å². The molecule has 1 N–H and O–H groups in total. The molecule has 0 bridgehead atoms. The predicted molar refractivity (Wildman–Crippen MR) is 97.9 cm³/mol. The number of hydrogen-bond donors (Lipinski definition) is 1. The molecule has 138 valence electrons. The lowest BCUT2D eigenvalue weighted by Gasteiger charge is -2.18. The van der Waals surface area contributed by atoms with Gasteiger partial charge in [-0.15, -0.1) is 0 Å². The summed E-state index contributed by atoms with van der Waals surface area (Å²) in [6.45, 7) is 4.95. The van der Waals surface area contributed by atoms with E-state index >= 15 is 0 Å². The standard InChI is InChI=1S/C20H22F2N2O2/c1-13(16-7-5-6-8-17(16)26-19(21)22)23-24-18(25)14-9-11-15(12-10-14)20(2,3)4/h5-12,19H,1-4H3,(H,24,25)/b23-13-. The van der Waals surface area contributed by atoms with Crippen molar-refractivity contribution < 1.29 is 18.3 Å². The first kappa shape index (κ1) is 19.6. The molecule has 0 aliphatic rings. The third-order valence-corrected chi connectivity index (χ3v) is 3.83. The number of rotatable bonds is 5. The average Bonchev–Trinajstić information content (AvgIpc) is 2.58. The molecule has 6 heteroatoms. The van der Waals surface area contributed by atoms with Crippen LogP contribution in [0.1, 0.15) is 49.2 Å². The minimum atomic E-state index is -2.93. The van der Waals surface area contributed by atoms with E-state index in [1.807, 2.05) is 12.1 Å². The number of carbonyl (C=O) groups is 1. The second-order valence-electron chi connectivity index (χ2n) is 6.84. The minimum Gasteiger partial charge on any atom is -0.434 e. The van der Waals surface area contributed by atoms with Crippen LogP contribution in [0.25, 0.3) is 0 Å². The first-order chi connectivity index (χ1) is 12.2. The lowest BCUT2D eigenvalue weighted by Crippen LogP contribution is -2.20. The second-order valence-corrected chi connectivity index (χ2v) is 6.84. The average molecular weight is 360 g/mol. The Morgan fingerprint density at radius 2 is 1.69 bits per heavy atom. The zero-order valence-electron chi connectivity index (χ0n) is 15.2. The zero-order chi connectivity index (χ0) is 19.3. The van der Waals surface area contributed by atoms with Crippen molar-refractivity contribution in [1.29, 1.82) is 0 Å². The highest BCUT2D eigenvalue weighted by molar-refractivity contribution is 6.02. The molecule has 0 radical (unpaired) electrons. The molecule has 0 aromatic heterocycles. The summed E-state index contributed by atoms with van der Waals surface area (Å²) in [7, 11) is 0. The van der Waals surface area contributed by atoms with Gasteiger partial charge in [0.15, 0.2) is 0 Å². The Morgan fingerprint density at radius 3 is 2.27 bits per heavy atom. The van der Waals surface area contributed by atoms with E-state index in [4.69, 9.17) is 0 Å². The summed E-state index contributed by atoms with van der Waals surface area (Å²) in [4.78, 5) is 12.2. The van der Waals surface area contributed by atoms with Crippen LogP contribution in [0.5, 0.6) is 5.75 Å². The third-order valence-electron chi connectivity index (χ3n) is 3.83. The van der Waals surface area contributed by atoms with E-state index in [9.17, 15) is 13.6 Å². The number of para-hydroxylation sites is 1. The fourth-order valence-electron chi connectivity index (χ4n) is 2.35. The van der Waals surface area contributed by atoms with Crippen molar-refractivity contribution in [3.8, 4) is 5.75 Å². The van der Waals surface area contributed by atoms with E-state index in [0.717, 1.165) is 5.56 Å². The molecule has 0 aliphatic heterocycles. The summed E-state index contributed by atoms with van der Waals surface area (Å²) < 4.78 is 29.4. The lowest BCUT2D eigenvalue weighted by atomic mass is 9.87. The third kappa shape index (κ3) is 5.12. The molecule has 1 amide bonds. The van der Waals surface area contributed by atoms with E-state index < -0.39 is 6.61 Å². The van der Waals surface area contributed by atoms with Crippen LogP contribution in [0, 0.1) is 0 Å². The first-order valence-corrected chi connectivity index (χ1v) is 8.18. The van der Waals surface area contributed by atoms with E-state index in [1.165, 1.54) is 6.07 Å². The van der Waals surface area contributed by atoms with Gasteiger partial charge in [0, 0.05) is 11.1 Å². The van der Waals surface area contributed by atoms with Gasteiger partial charge in [0.2, 0.25) is 0 Å². The van der Waals surface area contributed by atoms with Crippen LogP contribution in [0.15, 0.2) is 53.6 Å². The van der Waals surface area contributed by atoms with Gasteiger partial charge in [0.1, 0.15) is 5.75 Å². The van der Waals surface area contributed by atoms with E-state index in [1.54, 1.807) is 37.3 Å². The van der Waals surface area contributed by atoms with Gasteiger partial charge in [-0.05, 0) is 42.2 Å². The highest BCUT2D eigenvalue weighted by atomic mass is 19.3. The maximum absolute atomic E-state index is 12.5. The van der Waals surface area contributed by atoms with Crippen molar-refractivity contribution in [3.05, 3.63) is 65.2 Å². The first-order valence-electron chi connectivity index (χ1n) is 8.18. The van der Waals surface area contributed by atoms with Crippen molar-refractivity contribution in [2.24, 2.45) is 5.10 Å². The number of hydrazone groups is 1. The van der Waals surface area contributed by atoms with Gasteiger partial charge in [-0.2, -0.15) is 13.9 Å². The Morgan fingerprint density at radius 1 is 1.08 bits per heavy atom. The monoisotopic (exact) mass is 360 g/mol. The second kappa shape index (κ2) is 8.08. The molecule has 0 saturated carbocycles. The van der Waals surface area contributed by atoms with Crippen molar-refractivity contribution in [3.63, 3.8) is 0 Å². The van der Waals surface area contributed by atoms with Crippen LogP contribution >= 0.6 is 0 Å². The molecule has 2 rings (SSSR count). The molecule has 0 unspecified atom stereocenters. The summed E-state index contributed by atoms with van der Waals surface area (Å²) in [6, 6.07) is 13.6. The highest BCUT2D eigenvalue weighted by Crippen LogP contribution is 2.22. The van der Waals surface area contributed by atoms with Crippen molar-refractivity contribution in [2.75, 3.05) is 0 Å². The van der Waals surface area contributed by atoms with Crippen molar-refractivity contribution in [1.82, 2.24) is 5.43 Å². The Balaban J connectivity index is 2.13. The Labute approximate surface area is 151 Å². The number of amides is 1. The Hall–Kier alpha value is -2.76. The van der Waals surface area contributed by atoms with E-state index in [2.05, 4.69) is 36.0 Å². The fourth-order valence-corrected chi connectivity index (χ4v) is 2.35. The van der Waals surface area contributed by atoms with Crippen LogP contribution in [0.4, 0.5) is 8.78 Å². The molecular weight excluding hydrogens is 338 g/mol. The SMILES string of the molecule is C/C(=N/NC(=O)c1ccc(C(C)(C)C)cc1)c1ccccc1OC(F)F. The molecule has 0 atom stereocenters. The van der Waals surface area contributed by atoms with Crippen LogP contribution < -0.4 is 10.2 Å². The van der Waals surface area contributed by atoms with Crippen molar-refractivity contribution in [2.45, 2.75) is 39.7 Å². The van der Waals surface area contributed by atoms with E-state index in [-0.39, 0.29) is 17.1 Å². The summed E-state index contributed by atoms with van der Waals surface area (Å²) >= 11 is 0. The van der Waals surface area contributed by atoms with Gasteiger partial charge in [0.05, 0.1) is 5.71 Å². The maximum atomic E-state index is 12.5. The van der Waals surface area contributed by atoms with E-state index in [0.29, 0.717) is 16.8 Å². The quantitative estimate of drug-likeness (QED) is 0.618. The Kier molecular flexibility index (Phi) is 6.08. The lowest BCUT2D eigenvalue weighted by molar-refractivity contribution is -0.0499. The number of benzene rings is 2. The minimum absolute atomic E-state index is 0.00183. The summed E-state index contributed by atoms with van der Waals surface area (Å²) in [6.07, 6.45) is 0. The van der Waals surface area contributed by atoms with Gasteiger partial charge in [0.25, 0.3) is 5.91 Å². The molecular formula is C20H22F2N2O2. The molecule has 0 spiro atoms. The molecule has 0 aliphatic carbocycles. The Bertz CT molecular complexity index is 794. The van der Waals surface area contributed by atoms with Gasteiger partial charge in [-0.25, -0.2) is 5.43 Å². The topological polar surface area (TPSA) is 50.7 Å². The van der Waals surface area contributed by atoms with Crippen LogP contribution in [0.2, 0.25) is 0 Å². The molecule has 2 aromatic rings. The fraction of sp³-hybridized carbons (Fsp3) is 0.300. The maximum Gasteiger partial charge on any atom is 0.387 e. The van der Waals surface area contributed by atoms with Crippen LogP contribution in [-0.4, -0.2) is 18.2 Å². The van der Waals surface area contributed by atoms with Gasteiger partial charge in [-0.1, -0.05) is 45.0 Å². The smallest absolute Gasteiger partial charge is 0.387 e. The molecule has 4 nitrogen and oxygen atoms in total. The van der Waals surface area contributed by atoms with Gasteiger partial charge >= 0.3 is 6.61 Å². The molecule has 0 fully saturated rings. The number of nitrogens with zero attached hydrogens (tertiary/aromatic N) is 1. The number of alkyl halides is 2. The number of halogens is 2.